The number of rotatable bonds is 5. The summed E-state index contributed by atoms with van der Waals surface area (Å²) in [6, 6.07) is 5.97. The first-order valence-corrected chi connectivity index (χ1v) is 8.45. The predicted molar refractivity (Wildman–Crippen MR) is 93.4 cm³/mol. The third-order valence-electron chi connectivity index (χ3n) is 4.37. The number of hydrogen-bond acceptors (Lipinski definition) is 5. The van der Waals surface area contributed by atoms with Crippen LogP contribution >= 0.6 is 0 Å². The molecule has 0 bridgehead atoms. The maximum atomic E-state index is 4.69. The van der Waals surface area contributed by atoms with Crippen molar-refractivity contribution >= 4 is 5.82 Å². The Morgan fingerprint density at radius 2 is 2.09 bits per heavy atom. The molecule has 2 aromatic rings. The van der Waals surface area contributed by atoms with Gasteiger partial charge in [-0.1, -0.05) is 6.92 Å². The Labute approximate surface area is 138 Å². The predicted octanol–water partition coefficient (Wildman–Crippen LogP) is 2.85. The maximum absolute atomic E-state index is 4.69. The van der Waals surface area contributed by atoms with Gasteiger partial charge in [-0.2, -0.15) is 0 Å². The van der Waals surface area contributed by atoms with E-state index in [9.17, 15) is 0 Å². The molecule has 122 valence electrons. The summed E-state index contributed by atoms with van der Waals surface area (Å²) in [7, 11) is 2.20. The van der Waals surface area contributed by atoms with Crippen LogP contribution in [0.3, 0.4) is 0 Å². The fourth-order valence-corrected chi connectivity index (χ4v) is 3.09. The Bertz CT molecular complexity index is 629. The molecule has 2 aromatic heterocycles. The summed E-state index contributed by atoms with van der Waals surface area (Å²) in [5.74, 6) is 2.39. The fraction of sp³-hybridized carbons (Fsp3) is 0.500. The van der Waals surface area contributed by atoms with E-state index in [4.69, 9.17) is 4.98 Å². The first-order valence-electron chi connectivity index (χ1n) is 8.45. The average Bonchev–Trinajstić information content (AvgIpc) is 2.60. The molecule has 1 unspecified atom stereocenters. The molecule has 1 aliphatic heterocycles. The van der Waals surface area contributed by atoms with Crippen molar-refractivity contribution in [3.63, 3.8) is 0 Å². The smallest absolute Gasteiger partial charge is 0.161 e. The normalized spacial score (nSPS) is 18.8. The van der Waals surface area contributed by atoms with Crippen LogP contribution in [0.1, 0.15) is 25.5 Å². The largest absolute Gasteiger partial charge is 0.370 e. The quantitative estimate of drug-likeness (QED) is 0.920. The van der Waals surface area contributed by atoms with Gasteiger partial charge >= 0.3 is 0 Å². The van der Waals surface area contributed by atoms with Crippen LogP contribution in [-0.4, -0.2) is 46.5 Å². The molecule has 0 saturated carbocycles. The molecule has 0 aromatic carbocycles. The highest BCUT2D eigenvalue weighted by atomic mass is 15.1. The van der Waals surface area contributed by atoms with E-state index in [0.29, 0.717) is 5.92 Å². The number of likely N-dealkylation sites (tertiary alicyclic amines) is 1. The third kappa shape index (κ3) is 4.26. The van der Waals surface area contributed by atoms with Crippen LogP contribution in [0.5, 0.6) is 0 Å². The number of anilines is 1. The van der Waals surface area contributed by atoms with Gasteiger partial charge in [-0.15, -0.1) is 0 Å². The molecule has 5 nitrogen and oxygen atoms in total. The van der Waals surface area contributed by atoms with Crippen LogP contribution in [0, 0.1) is 5.92 Å². The highest BCUT2D eigenvalue weighted by molar-refractivity contribution is 5.56. The van der Waals surface area contributed by atoms with Gasteiger partial charge in [0.25, 0.3) is 0 Å². The topological polar surface area (TPSA) is 53.9 Å². The maximum Gasteiger partial charge on any atom is 0.161 e. The van der Waals surface area contributed by atoms with Crippen molar-refractivity contribution in [2.24, 2.45) is 5.92 Å². The first kappa shape index (κ1) is 15.9. The summed E-state index contributed by atoms with van der Waals surface area (Å²) in [6.45, 7) is 5.48. The van der Waals surface area contributed by atoms with E-state index in [1.807, 2.05) is 12.1 Å². The van der Waals surface area contributed by atoms with Crippen LogP contribution in [0.4, 0.5) is 5.82 Å². The number of nitrogens with zero attached hydrogens (tertiary/aromatic N) is 4. The van der Waals surface area contributed by atoms with Gasteiger partial charge in [0.05, 0.1) is 0 Å². The molecule has 1 N–H and O–H groups in total. The molecule has 1 saturated heterocycles. The van der Waals surface area contributed by atoms with Gasteiger partial charge in [-0.05, 0) is 50.9 Å². The lowest BCUT2D eigenvalue weighted by atomic mass is 9.98. The second-order valence-electron chi connectivity index (χ2n) is 6.31. The number of hydrogen-bond donors (Lipinski definition) is 1. The van der Waals surface area contributed by atoms with Gasteiger partial charge in [-0.25, -0.2) is 9.97 Å². The highest BCUT2D eigenvalue weighted by Crippen LogP contribution is 2.19. The van der Waals surface area contributed by atoms with Gasteiger partial charge in [-0.3, -0.25) is 4.98 Å². The van der Waals surface area contributed by atoms with Crippen molar-refractivity contribution in [3.8, 4) is 11.4 Å². The van der Waals surface area contributed by atoms with Crippen molar-refractivity contribution in [2.75, 3.05) is 32.0 Å². The number of aromatic nitrogens is 3. The standard InChI is InChI=1S/C18H25N5/c1-3-16-11-17(20-12-14-5-4-10-23(2)13-14)22-18(21-16)15-6-8-19-9-7-15/h6-9,11,14H,3-5,10,12-13H2,1-2H3,(H,20,21,22). The molecule has 1 aliphatic rings. The summed E-state index contributed by atoms with van der Waals surface area (Å²) in [5.41, 5.74) is 2.07. The molecule has 1 fully saturated rings. The van der Waals surface area contributed by atoms with E-state index >= 15 is 0 Å². The summed E-state index contributed by atoms with van der Waals surface area (Å²) in [6.07, 6.45) is 7.04. The second kappa shape index (κ2) is 7.51. The lowest BCUT2D eigenvalue weighted by molar-refractivity contribution is 0.217. The zero-order valence-corrected chi connectivity index (χ0v) is 14.0. The van der Waals surface area contributed by atoms with E-state index in [-0.39, 0.29) is 0 Å². The zero-order chi connectivity index (χ0) is 16.1. The van der Waals surface area contributed by atoms with E-state index < -0.39 is 0 Å². The Balaban J connectivity index is 1.73. The van der Waals surface area contributed by atoms with Crippen molar-refractivity contribution in [2.45, 2.75) is 26.2 Å². The molecule has 3 rings (SSSR count). The Kier molecular flexibility index (Phi) is 5.18. The molecule has 23 heavy (non-hydrogen) atoms. The minimum Gasteiger partial charge on any atom is -0.370 e. The molecule has 0 amide bonds. The SMILES string of the molecule is CCc1cc(NCC2CCCN(C)C2)nc(-c2ccncc2)n1. The van der Waals surface area contributed by atoms with Crippen LogP contribution in [0.15, 0.2) is 30.6 Å². The van der Waals surface area contributed by atoms with Crippen molar-refractivity contribution in [3.05, 3.63) is 36.3 Å². The average molecular weight is 311 g/mol. The van der Waals surface area contributed by atoms with Crippen molar-refractivity contribution in [1.82, 2.24) is 19.9 Å². The molecule has 0 radical (unpaired) electrons. The minimum atomic E-state index is 0.693. The Morgan fingerprint density at radius 1 is 1.26 bits per heavy atom. The second-order valence-corrected chi connectivity index (χ2v) is 6.31. The molecule has 5 heteroatoms. The van der Waals surface area contributed by atoms with E-state index in [2.05, 4.69) is 40.2 Å². The van der Waals surface area contributed by atoms with Crippen LogP contribution in [0.25, 0.3) is 11.4 Å². The third-order valence-corrected chi connectivity index (χ3v) is 4.37. The molecule has 0 aliphatic carbocycles. The number of nitrogens with one attached hydrogen (secondary N) is 1. The Hall–Kier alpha value is -2.01. The molecular weight excluding hydrogens is 286 g/mol. The molecule has 0 spiro atoms. The van der Waals surface area contributed by atoms with Gasteiger partial charge in [0.2, 0.25) is 0 Å². The number of piperidine rings is 1. The van der Waals surface area contributed by atoms with Gasteiger partial charge < -0.3 is 10.2 Å². The van der Waals surface area contributed by atoms with E-state index in [1.54, 1.807) is 12.4 Å². The lowest BCUT2D eigenvalue weighted by Crippen LogP contribution is -2.35. The van der Waals surface area contributed by atoms with Crippen molar-refractivity contribution < 1.29 is 0 Å². The Morgan fingerprint density at radius 3 is 2.83 bits per heavy atom. The zero-order valence-electron chi connectivity index (χ0n) is 14.0. The molecule has 3 heterocycles. The monoisotopic (exact) mass is 311 g/mol. The van der Waals surface area contributed by atoms with Crippen molar-refractivity contribution in [1.29, 1.82) is 0 Å². The minimum absolute atomic E-state index is 0.693. The first-order chi connectivity index (χ1) is 11.2. The summed E-state index contributed by atoms with van der Waals surface area (Å²) in [5, 5.41) is 3.53. The lowest BCUT2D eigenvalue weighted by Gasteiger charge is -2.29. The number of pyridine rings is 1. The summed E-state index contributed by atoms with van der Waals surface area (Å²) < 4.78 is 0. The van der Waals surface area contributed by atoms with Gasteiger partial charge in [0.15, 0.2) is 5.82 Å². The fourth-order valence-electron chi connectivity index (χ4n) is 3.09. The van der Waals surface area contributed by atoms with E-state index in [1.165, 1.54) is 19.4 Å². The van der Waals surface area contributed by atoms with Crippen LogP contribution in [-0.2, 0) is 6.42 Å². The van der Waals surface area contributed by atoms with Crippen LogP contribution < -0.4 is 5.32 Å². The van der Waals surface area contributed by atoms with Gasteiger partial charge in [0, 0.05) is 42.8 Å². The molecule has 1 atom stereocenters. The highest BCUT2D eigenvalue weighted by Gasteiger charge is 2.17. The summed E-state index contributed by atoms with van der Waals surface area (Å²) in [4.78, 5) is 15.8. The van der Waals surface area contributed by atoms with Crippen LogP contribution in [0.2, 0.25) is 0 Å². The molecular formula is C18H25N5. The summed E-state index contributed by atoms with van der Waals surface area (Å²) >= 11 is 0. The van der Waals surface area contributed by atoms with Gasteiger partial charge in [0.1, 0.15) is 5.82 Å². The number of aryl methyl sites for hydroxylation is 1. The van der Waals surface area contributed by atoms with E-state index in [0.717, 1.165) is 42.4 Å².